The van der Waals surface area contributed by atoms with Gasteiger partial charge in [-0.2, -0.15) is 11.8 Å². The number of hydrogen-bond donors (Lipinski definition) is 2. The highest BCUT2D eigenvalue weighted by Crippen LogP contribution is 2.12. The van der Waals surface area contributed by atoms with Crippen molar-refractivity contribution in [1.82, 2.24) is 10.6 Å². The van der Waals surface area contributed by atoms with E-state index < -0.39 is 35.7 Å². The topological polar surface area (TPSA) is 111 Å². The lowest BCUT2D eigenvalue weighted by Gasteiger charge is -2.25. The van der Waals surface area contributed by atoms with E-state index >= 15 is 0 Å². The minimum atomic E-state index is -1.01. The lowest BCUT2D eigenvalue weighted by molar-refractivity contribution is -0.146. The summed E-state index contributed by atoms with van der Waals surface area (Å²) in [7, 11) is 1.24. The van der Waals surface area contributed by atoms with Crippen LogP contribution >= 0.6 is 11.8 Å². The van der Waals surface area contributed by atoms with Gasteiger partial charge in [-0.05, 0) is 26.7 Å². The Kier molecular flexibility index (Phi) is 10.5. The van der Waals surface area contributed by atoms with E-state index in [0.717, 1.165) is 0 Å². The van der Waals surface area contributed by atoms with Gasteiger partial charge in [0, 0.05) is 11.3 Å². The molecule has 1 rings (SSSR count). The first-order chi connectivity index (χ1) is 14.4. The van der Waals surface area contributed by atoms with Gasteiger partial charge in [-0.3, -0.25) is 9.59 Å². The van der Waals surface area contributed by atoms with Crippen molar-refractivity contribution in [2.24, 2.45) is 5.92 Å². The van der Waals surface area contributed by atoms with Gasteiger partial charge < -0.3 is 20.1 Å². The molecule has 0 heterocycles. The third-order valence-electron chi connectivity index (χ3n) is 4.04. The number of carbonyl (C=O) groups is 4. The maximum Gasteiger partial charge on any atom is 0.408 e. The van der Waals surface area contributed by atoms with Crippen molar-refractivity contribution in [3.8, 4) is 0 Å². The summed E-state index contributed by atoms with van der Waals surface area (Å²) in [5.74, 6) is -1.19. The molecule has 0 aliphatic carbocycles. The van der Waals surface area contributed by atoms with Crippen LogP contribution in [0.3, 0.4) is 0 Å². The molecule has 31 heavy (non-hydrogen) atoms. The number of benzene rings is 1. The number of carbonyl (C=O) groups excluding carboxylic acids is 4. The van der Waals surface area contributed by atoms with Gasteiger partial charge in [0.05, 0.1) is 12.9 Å². The molecule has 172 valence electrons. The Balaban J connectivity index is 2.84. The molecular formula is C22H32N2O6S. The van der Waals surface area contributed by atoms with Crippen LogP contribution in [-0.4, -0.2) is 60.1 Å². The Labute approximate surface area is 187 Å². The Hall–Kier alpha value is -2.55. The minimum absolute atomic E-state index is 0.0864. The zero-order valence-electron chi connectivity index (χ0n) is 18.9. The average molecular weight is 453 g/mol. The van der Waals surface area contributed by atoms with Crippen LogP contribution in [0.5, 0.6) is 0 Å². The molecule has 0 unspecified atom stereocenters. The first kappa shape index (κ1) is 26.5. The molecule has 0 spiro atoms. The fourth-order valence-electron chi connectivity index (χ4n) is 2.49. The highest BCUT2D eigenvalue weighted by molar-refractivity contribution is 8.00. The number of thioether (sulfide) groups is 1. The van der Waals surface area contributed by atoms with Gasteiger partial charge in [0.2, 0.25) is 5.91 Å². The average Bonchev–Trinajstić information content (AvgIpc) is 2.69. The van der Waals surface area contributed by atoms with Crippen LogP contribution in [0, 0.1) is 5.92 Å². The van der Waals surface area contributed by atoms with Gasteiger partial charge in [0.25, 0.3) is 0 Å². The van der Waals surface area contributed by atoms with Gasteiger partial charge in [0.1, 0.15) is 17.7 Å². The maximum atomic E-state index is 12.8. The van der Waals surface area contributed by atoms with Crippen molar-refractivity contribution in [3.05, 3.63) is 35.9 Å². The summed E-state index contributed by atoms with van der Waals surface area (Å²) in [6.07, 6.45) is -0.762. The highest BCUT2D eigenvalue weighted by atomic mass is 32.2. The van der Waals surface area contributed by atoms with Gasteiger partial charge in [0.15, 0.2) is 5.78 Å². The Morgan fingerprint density at radius 3 is 2.16 bits per heavy atom. The summed E-state index contributed by atoms with van der Waals surface area (Å²) >= 11 is 1.21. The lowest BCUT2D eigenvalue weighted by atomic mass is 10.0. The fraction of sp³-hybridized carbons (Fsp3) is 0.545. The third kappa shape index (κ3) is 9.87. The summed E-state index contributed by atoms with van der Waals surface area (Å²) < 4.78 is 9.99. The van der Waals surface area contributed by atoms with Crippen molar-refractivity contribution >= 4 is 35.5 Å². The first-order valence-electron chi connectivity index (χ1n) is 9.98. The van der Waals surface area contributed by atoms with Crippen molar-refractivity contribution < 1.29 is 28.7 Å². The minimum Gasteiger partial charge on any atom is -0.467 e. The normalized spacial score (nSPS) is 13.1. The Morgan fingerprint density at radius 1 is 1.03 bits per heavy atom. The summed E-state index contributed by atoms with van der Waals surface area (Å²) in [6, 6.07) is 6.94. The molecule has 0 fully saturated rings. The molecule has 0 aromatic heterocycles. The number of rotatable bonds is 10. The van der Waals surface area contributed by atoms with Crippen LogP contribution in [0.4, 0.5) is 4.79 Å². The summed E-state index contributed by atoms with van der Waals surface area (Å²) in [6.45, 7) is 8.67. The molecule has 0 aliphatic heterocycles. The smallest absolute Gasteiger partial charge is 0.408 e. The van der Waals surface area contributed by atoms with Gasteiger partial charge in [-0.1, -0.05) is 44.2 Å². The van der Waals surface area contributed by atoms with Crippen LogP contribution in [-0.2, 0) is 19.1 Å². The quantitative estimate of drug-likeness (QED) is 0.415. The second-order valence-electron chi connectivity index (χ2n) is 8.26. The molecule has 0 radical (unpaired) electrons. The SMILES string of the molecule is COC(=O)[C@@H](NC(=O)[C@H](CSCC(=O)c1ccccc1)NC(=O)OC(C)(C)C)C(C)C. The predicted octanol–water partition coefficient (Wildman–Crippen LogP) is 2.81. The maximum absolute atomic E-state index is 12.8. The van der Waals surface area contributed by atoms with Gasteiger partial charge >= 0.3 is 12.1 Å². The van der Waals surface area contributed by atoms with Crippen LogP contribution in [0.25, 0.3) is 0 Å². The molecule has 0 saturated carbocycles. The van der Waals surface area contributed by atoms with E-state index in [1.807, 2.05) is 6.07 Å². The largest absolute Gasteiger partial charge is 0.467 e. The zero-order chi connectivity index (χ0) is 23.6. The standard InChI is InChI=1S/C22H32N2O6S/c1-14(2)18(20(27)29-6)24-19(26)16(23-21(28)30-22(3,4)5)12-31-13-17(25)15-10-8-7-9-11-15/h7-11,14,16,18H,12-13H2,1-6H3,(H,23,28)(H,24,26)/t16-,18-/m0/s1. The second kappa shape index (κ2) is 12.3. The zero-order valence-corrected chi connectivity index (χ0v) is 19.7. The van der Waals surface area contributed by atoms with E-state index in [1.54, 1.807) is 58.9 Å². The highest BCUT2D eigenvalue weighted by Gasteiger charge is 2.30. The molecule has 8 nitrogen and oxygen atoms in total. The number of nitrogens with one attached hydrogen (secondary N) is 2. The first-order valence-corrected chi connectivity index (χ1v) is 11.1. The molecule has 0 aliphatic rings. The van der Waals surface area contributed by atoms with Crippen LogP contribution in [0.2, 0.25) is 0 Å². The molecule has 0 bridgehead atoms. The Bertz CT molecular complexity index is 761. The van der Waals surface area contributed by atoms with Crippen molar-refractivity contribution in [2.45, 2.75) is 52.3 Å². The predicted molar refractivity (Wildman–Crippen MR) is 120 cm³/mol. The van der Waals surface area contributed by atoms with Gasteiger partial charge in [-0.25, -0.2) is 9.59 Å². The number of ether oxygens (including phenoxy) is 2. The number of methoxy groups -OCH3 is 1. The number of ketones is 1. The summed E-state index contributed by atoms with van der Waals surface area (Å²) in [5.41, 5.74) is -0.171. The molecule has 2 amide bonds. The summed E-state index contributed by atoms with van der Waals surface area (Å²) in [5, 5.41) is 5.15. The number of hydrogen-bond acceptors (Lipinski definition) is 7. The third-order valence-corrected chi connectivity index (χ3v) is 5.08. The van der Waals surface area contributed by atoms with E-state index in [4.69, 9.17) is 9.47 Å². The number of Topliss-reactive ketones (excluding diaryl/α,β-unsaturated/α-hetero) is 1. The monoisotopic (exact) mass is 452 g/mol. The molecule has 1 aromatic carbocycles. The number of alkyl carbamates (subject to hydrolysis) is 1. The van der Waals surface area contributed by atoms with Crippen LogP contribution in [0.15, 0.2) is 30.3 Å². The molecule has 0 saturated heterocycles. The van der Waals surface area contributed by atoms with E-state index in [-0.39, 0.29) is 23.2 Å². The molecule has 1 aromatic rings. The van der Waals surface area contributed by atoms with E-state index in [1.165, 1.54) is 18.9 Å². The van der Waals surface area contributed by atoms with E-state index in [2.05, 4.69) is 10.6 Å². The van der Waals surface area contributed by atoms with Crippen molar-refractivity contribution in [2.75, 3.05) is 18.6 Å². The second-order valence-corrected chi connectivity index (χ2v) is 9.29. The summed E-state index contributed by atoms with van der Waals surface area (Å²) in [4.78, 5) is 49.3. The molecule has 9 heteroatoms. The lowest BCUT2D eigenvalue weighted by Crippen LogP contribution is -2.54. The Morgan fingerprint density at radius 2 is 1.65 bits per heavy atom. The van der Waals surface area contributed by atoms with E-state index in [9.17, 15) is 19.2 Å². The molecule has 2 N–H and O–H groups in total. The number of amides is 2. The molecular weight excluding hydrogens is 420 g/mol. The van der Waals surface area contributed by atoms with E-state index in [0.29, 0.717) is 5.56 Å². The van der Waals surface area contributed by atoms with Crippen molar-refractivity contribution in [1.29, 1.82) is 0 Å². The van der Waals surface area contributed by atoms with Gasteiger partial charge in [-0.15, -0.1) is 0 Å². The molecule has 2 atom stereocenters. The van der Waals surface area contributed by atoms with Crippen molar-refractivity contribution in [3.63, 3.8) is 0 Å². The fourth-order valence-corrected chi connectivity index (χ4v) is 3.43. The van der Waals surface area contributed by atoms with Crippen LogP contribution < -0.4 is 10.6 Å². The number of esters is 1. The van der Waals surface area contributed by atoms with Crippen LogP contribution in [0.1, 0.15) is 45.0 Å².